The molecule has 1 atom stereocenters. The molecule has 1 saturated heterocycles. The van der Waals surface area contributed by atoms with Crippen molar-refractivity contribution in [1.82, 2.24) is 19.9 Å². The summed E-state index contributed by atoms with van der Waals surface area (Å²) >= 11 is 0. The zero-order valence-corrected chi connectivity index (χ0v) is 17.0. The number of nitrogens with zero attached hydrogens (tertiary/aromatic N) is 4. The molecule has 1 aliphatic rings. The van der Waals surface area contributed by atoms with E-state index in [1.165, 1.54) is 12.7 Å². The van der Waals surface area contributed by atoms with E-state index in [0.717, 1.165) is 30.1 Å². The minimum Gasteiger partial charge on any atom is -0.497 e. The summed E-state index contributed by atoms with van der Waals surface area (Å²) in [4.78, 5) is 13.8. The monoisotopic (exact) mass is 408 g/mol. The van der Waals surface area contributed by atoms with Gasteiger partial charge in [0.05, 0.1) is 39.1 Å². The van der Waals surface area contributed by atoms with Gasteiger partial charge in [0.2, 0.25) is 0 Å². The summed E-state index contributed by atoms with van der Waals surface area (Å²) in [6, 6.07) is 15.3. The number of carbonyl (C=O) groups is 1. The first kappa shape index (κ1) is 20.1. The lowest BCUT2D eigenvalue weighted by Crippen LogP contribution is -2.23. The van der Waals surface area contributed by atoms with Crippen molar-refractivity contribution in [2.45, 2.75) is 19.3 Å². The highest BCUT2D eigenvalue weighted by Gasteiger charge is 2.29. The van der Waals surface area contributed by atoms with Crippen LogP contribution in [0.25, 0.3) is 0 Å². The Morgan fingerprint density at radius 2 is 1.77 bits per heavy atom. The predicted octanol–water partition coefficient (Wildman–Crippen LogP) is 2.65. The first-order valence-electron chi connectivity index (χ1n) is 9.72. The summed E-state index contributed by atoms with van der Waals surface area (Å²) in [6.07, 6.45) is 1.69. The van der Waals surface area contributed by atoms with Gasteiger partial charge in [0.25, 0.3) is 0 Å². The van der Waals surface area contributed by atoms with E-state index in [1.807, 2.05) is 30.5 Å². The zero-order chi connectivity index (χ0) is 20.9. The molecule has 0 aliphatic carbocycles. The topological polar surface area (TPSA) is 78.7 Å². The van der Waals surface area contributed by atoms with Crippen molar-refractivity contribution in [3.05, 3.63) is 77.1 Å². The highest BCUT2D eigenvalue weighted by molar-refractivity contribution is 5.89. The largest absolute Gasteiger partial charge is 0.497 e. The maximum atomic E-state index is 11.6. The molecule has 1 aliphatic heterocycles. The van der Waals surface area contributed by atoms with Crippen LogP contribution in [-0.4, -0.2) is 53.2 Å². The maximum absolute atomic E-state index is 11.6. The van der Waals surface area contributed by atoms with Gasteiger partial charge in [-0.1, -0.05) is 29.5 Å². The number of hydrogen-bond acceptors (Lipinski definition) is 7. The number of ether oxygens (including phenoxy) is 3. The SMILES string of the molecule is COC(=O)c1ccc(Cn2cc(C3OCCN3Cc3ccc(OC)cc3)nn2)cc1. The number of rotatable bonds is 7. The Kier molecular flexibility index (Phi) is 6.06. The summed E-state index contributed by atoms with van der Waals surface area (Å²) in [6.45, 7) is 2.80. The molecule has 0 radical (unpaired) electrons. The van der Waals surface area contributed by atoms with Crippen molar-refractivity contribution in [1.29, 1.82) is 0 Å². The zero-order valence-electron chi connectivity index (χ0n) is 17.0. The minimum atomic E-state index is -0.347. The van der Waals surface area contributed by atoms with E-state index in [2.05, 4.69) is 27.3 Å². The second-order valence-corrected chi connectivity index (χ2v) is 7.07. The Bertz CT molecular complexity index is 985. The fourth-order valence-electron chi connectivity index (χ4n) is 3.46. The summed E-state index contributed by atoms with van der Waals surface area (Å²) in [5.74, 6) is 0.496. The van der Waals surface area contributed by atoms with Gasteiger partial charge in [-0.05, 0) is 35.4 Å². The molecule has 8 heteroatoms. The lowest BCUT2D eigenvalue weighted by atomic mass is 10.1. The van der Waals surface area contributed by atoms with Crippen molar-refractivity contribution in [3.8, 4) is 5.75 Å². The summed E-state index contributed by atoms with van der Waals surface area (Å²) in [5.41, 5.74) is 3.51. The van der Waals surface area contributed by atoms with Gasteiger partial charge in [-0.2, -0.15) is 0 Å². The van der Waals surface area contributed by atoms with Crippen LogP contribution in [0.4, 0.5) is 0 Å². The number of hydrogen-bond donors (Lipinski definition) is 0. The van der Waals surface area contributed by atoms with Crippen molar-refractivity contribution in [2.75, 3.05) is 27.4 Å². The average molecular weight is 408 g/mol. The summed E-state index contributed by atoms with van der Waals surface area (Å²) in [5, 5.41) is 8.57. The second kappa shape index (κ2) is 9.06. The van der Waals surface area contributed by atoms with Gasteiger partial charge in [0, 0.05) is 13.1 Å². The summed E-state index contributed by atoms with van der Waals surface area (Å²) < 4.78 is 17.6. The first-order valence-corrected chi connectivity index (χ1v) is 9.72. The van der Waals surface area contributed by atoms with Crippen LogP contribution in [-0.2, 0) is 22.6 Å². The molecule has 4 rings (SSSR count). The summed E-state index contributed by atoms with van der Waals surface area (Å²) in [7, 11) is 3.03. The van der Waals surface area contributed by atoms with Gasteiger partial charge in [-0.3, -0.25) is 4.90 Å². The van der Waals surface area contributed by atoms with E-state index in [1.54, 1.807) is 23.9 Å². The number of benzene rings is 2. The van der Waals surface area contributed by atoms with Crippen molar-refractivity contribution >= 4 is 5.97 Å². The van der Waals surface area contributed by atoms with Crippen LogP contribution < -0.4 is 4.74 Å². The lowest BCUT2D eigenvalue weighted by Gasteiger charge is -2.21. The van der Waals surface area contributed by atoms with Gasteiger partial charge in [-0.15, -0.1) is 5.10 Å². The lowest BCUT2D eigenvalue weighted by molar-refractivity contribution is 0.0252. The molecule has 2 heterocycles. The molecule has 3 aromatic rings. The van der Waals surface area contributed by atoms with E-state index in [0.29, 0.717) is 18.7 Å². The fraction of sp³-hybridized carbons (Fsp3) is 0.318. The second-order valence-electron chi connectivity index (χ2n) is 7.07. The van der Waals surface area contributed by atoms with Gasteiger partial charge >= 0.3 is 5.97 Å². The van der Waals surface area contributed by atoms with Crippen molar-refractivity contribution in [2.24, 2.45) is 0 Å². The smallest absolute Gasteiger partial charge is 0.337 e. The molecule has 1 fully saturated rings. The molecule has 0 amide bonds. The third kappa shape index (κ3) is 4.50. The van der Waals surface area contributed by atoms with Gasteiger partial charge < -0.3 is 14.2 Å². The van der Waals surface area contributed by atoms with Gasteiger partial charge in [-0.25, -0.2) is 9.48 Å². The van der Waals surface area contributed by atoms with E-state index in [4.69, 9.17) is 14.2 Å². The van der Waals surface area contributed by atoms with Crippen LogP contribution in [0.15, 0.2) is 54.7 Å². The molecular weight excluding hydrogens is 384 g/mol. The molecule has 156 valence electrons. The van der Waals surface area contributed by atoms with E-state index in [9.17, 15) is 4.79 Å². The molecule has 1 unspecified atom stereocenters. The molecule has 8 nitrogen and oxygen atoms in total. The number of esters is 1. The molecule has 0 bridgehead atoms. The fourth-order valence-corrected chi connectivity index (χ4v) is 3.46. The van der Waals surface area contributed by atoms with Crippen molar-refractivity contribution < 1.29 is 19.0 Å². The van der Waals surface area contributed by atoms with E-state index >= 15 is 0 Å². The molecule has 1 aromatic heterocycles. The van der Waals surface area contributed by atoms with Gasteiger partial charge in [0.1, 0.15) is 11.4 Å². The number of aromatic nitrogens is 3. The Hall–Kier alpha value is -3.23. The Balaban J connectivity index is 1.41. The average Bonchev–Trinajstić information content (AvgIpc) is 3.43. The Morgan fingerprint density at radius 3 is 2.47 bits per heavy atom. The number of methoxy groups -OCH3 is 2. The van der Waals surface area contributed by atoms with Crippen LogP contribution in [0.1, 0.15) is 33.4 Å². The standard InChI is InChI=1S/C22H24N4O4/c1-28-19-9-5-16(6-10-19)13-25-11-12-30-21(25)20-15-26(24-23-20)14-17-3-7-18(8-4-17)22(27)29-2/h3-10,15,21H,11-14H2,1-2H3. The minimum absolute atomic E-state index is 0.220. The molecule has 30 heavy (non-hydrogen) atoms. The number of carbonyl (C=O) groups excluding carboxylic acids is 1. The normalized spacial score (nSPS) is 16.5. The first-order chi connectivity index (χ1) is 14.7. The molecule has 0 spiro atoms. The molecule has 0 saturated carbocycles. The van der Waals surface area contributed by atoms with Crippen LogP contribution in [0.5, 0.6) is 5.75 Å². The van der Waals surface area contributed by atoms with E-state index < -0.39 is 0 Å². The molecular formula is C22H24N4O4. The van der Waals surface area contributed by atoms with Crippen LogP contribution in [0, 0.1) is 0 Å². The van der Waals surface area contributed by atoms with Crippen LogP contribution >= 0.6 is 0 Å². The molecule has 0 N–H and O–H groups in total. The van der Waals surface area contributed by atoms with Gasteiger partial charge in [0.15, 0.2) is 6.23 Å². The Labute approximate surface area is 175 Å². The quantitative estimate of drug-likeness (QED) is 0.556. The van der Waals surface area contributed by atoms with Crippen LogP contribution in [0.2, 0.25) is 0 Å². The third-order valence-corrected chi connectivity index (χ3v) is 5.06. The van der Waals surface area contributed by atoms with E-state index in [-0.39, 0.29) is 12.2 Å². The maximum Gasteiger partial charge on any atom is 0.337 e. The third-order valence-electron chi connectivity index (χ3n) is 5.06. The van der Waals surface area contributed by atoms with Crippen molar-refractivity contribution in [3.63, 3.8) is 0 Å². The molecule has 2 aromatic carbocycles. The highest BCUT2D eigenvalue weighted by atomic mass is 16.5. The predicted molar refractivity (Wildman–Crippen MR) is 109 cm³/mol. The Morgan fingerprint density at radius 1 is 1.07 bits per heavy atom. The highest BCUT2D eigenvalue weighted by Crippen LogP contribution is 2.27. The van der Waals surface area contributed by atoms with Crippen LogP contribution in [0.3, 0.4) is 0 Å².